The van der Waals surface area contributed by atoms with Crippen molar-refractivity contribution in [2.24, 2.45) is 0 Å². The molecule has 0 unspecified atom stereocenters. The highest BCUT2D eigenvalue weighted by Crippen LogP contribution is 2.28. The first-order valence-corrected chi connectivity index (χ1v) is 10.0. The molecule has 0 saturated heterocycles. The maximum absolute atomic E-state index is 12.7. The highest BCUT2D eigenvalue weighted by atomic mass is 79.9. The van der Waals surface area contributed by atoms with Gasteiger partial charge in [-0.15, -0.1) is 0 Å². The molecule has 1 heterocycles. The van der Waals surface area contributed by atoms with Gasteiger partial charge in [0.05, 0.1) is 11.2 Å². The average molecular weight is 447 g/mol. The van der Waals surface area contributed by atoms with Crippen LogP contribution in [0.1, 0.15) is 21.5 Å². The minimum absolute atomic E-state index is 0.176. The number of hydrogen-bond acceptors (Lipinski definition) is 3. The second kappa shape index (κ2) is 8.45. The van der Waals surface area contributed by atoms with Crippen LogP contribution in [0.15, 0.2) is 83.5 Å². The van der Waals surface area contributed by atoms with E-state index in [0.717, 1.165) is 26.7 Å². The zero-order chi connectivity index (χ0) is 20.2. The van der Waals surface area contributed by atoms with Gasteiger partial charge in [-0.25, -0.2) is 0 Å². The van der Waals surface area contributed by atoms with Gasteiger partial charge in [0.1, 0.15) is 12.4 Å². The van der Waals surface area contributed by atoms with Crippen molar-refractivity contribution in [1.29, 1.82) is 0 Å². The van der Waals surface area contributed by atoms with Crippen molar-refractivity contribution >= 4 is 38.4 Å². The molecular formula is C24H19BrN2O2. The number of nitrogens with zero attached hydrogens (tertiary/aromatic N) is 1. The number of aromatic nitrogens is 1. The highest BCUT2D eigenvalue weighted by molar-refractivity contribution is 9.10. The summed E-state index contributed by atoms with van der Waals surface area (Å²) in [5.41, 5.74) is 4.20. The van der Waals surface area contributed by atoms with Crippen LogP contribution in [0.25, 0.3) is 10.9 Å². The minimum atomic E-state index is -0.176. The lowest BCUT2D eigenvalue weighted by atomic mass is 10.1. The Labute approximate surface area is 177 Å². The molecule has 3 aromatic carbocycles. The van der Waals surface area contributed by atoms with Crippen molar-refractivity contribution in [3.8, 4) is 5.75 Å². The maximum Gasteiger partial charge on any atom is 0.255 e. The monoisotopic (exact) mass is 446 g/mol. The number of pyridine rings is 1. The molecule has 1 amide bonds. The van der Waals surface area contributed by atoms with Gasteiger partial charge in [-0.3, -0.25) is 9.78 Å². The van der Waals surface area contributed by atoms with Gasteiger partial charge >= 0.3 is 0 Å². The van der Waals surface area contributed by atoms with Crippen LogP contribution in [0.4, 0.5) is 5.69 Å². The smallest absolute Gasteiger partial charge is 0.255 e. The molecule has 1 N–H and O–H groups in total. The van der Waals surface area contributed by atoms with Crippen molar-refractivity contribution in [1.82, 2.24) is 4.98 Å². The third kappa shape index (κ3) is 4.46. The van der Waals surface area contributed by atoms with E-state index in [0.29, 0.717) is 17.9 Å². The zero-order valence-electron chi connectivity index (χ0n) is 15.9. The van der Waals surface area contributed by atoms with E-state index in [1.807, 2.05) is 67.6 Å². The topological polar surface area (TPSA) is 51.2 Å². The molecule has 29 heavy (non-hydrogen) atoms. The Balaban J connectivity index is 1.44. The summed E-state index contributed by atoms with van der Waals surface area (Å²) >= 11 is 3.52. The van der Waals surface area contributed by atoms with Crippen LogP contribution in [-0.4, -0.2) is 10.9 Å². The van der Waals surface area contributed by atoms with Crippen molar-refractivity contribution in [2.75, 3.05) is 5.32 Å². The van der Waals surface area contributed by atoms with Crippen LogP contribution in [0.3, 0.4) is 0 Å². The Morgan fingerprint density at radius 1 is 1.00 bits per heavy atom. The Morgan fingerprint density at radius 2 is 1.76 bits per heavy atom. The highest BCUT2D eigenvalue weighted by Gasteiger charge is 2.11. The van der Waals surface area contributed by atoms with Crippen LogP contribution in [-0.2, 0) is 6.61 Å². The standard InChI is InChI=1S/C24H19BrN2O2/c1-16-4-10-19(11-5-16)29-15-17-6-8-18(9-7-17)24(28)27-22-13-12-21(25)20-3-2-14-26-23(20)22/h2-14H,15H2,1H3,(H,27,28). The summed E-state index contributed by atoms with van der Waals surface area (Å²) in [4.78, 5) is 17.1. The van der Waals surface area contributed by atoms with E-state index in [1.54, 1.807) is 18.3 Å². The Hall–Kier alpha value is -3.18. The van der Waals surface area contributed by atoms with Crippen molar-refractivity contribution < 1.29 is 9.53 Å². The first-order valence-electron chi connectivity index (χ1n) is 9.23. The van der Waals surface area contributed by atoms with Gasteiger partial charge in [0, 0.05) is 21.6 Å². The van der Waals surface area contributed by atoms with E-state index in [4.69, 9.17) is 4.74 Å². The number of fused-ring (bicyclic) bond motifs is 1. The van der Waals surface area contributed by atoms with E-state index < -0.39 is 0 Å². The van der Waals surface area contributed by atoms with E-state index in [2.05, 4.69) is 26.2 Å². The third-order valence-corrected chi connectivity index (χ3v) is 5.30. The summed E-state index contributed by atoms with van der Waals surface area (Å²) in [6.07, 6.45) is 1.72. The summed E-state index contributed by atoms with van der Waals surface area (Å²) in [7, 11) is 0. The van der Waals surface area contributed by atoms with E-state index in [1.165, 1.54) is 5.56 Å². The van der Waals surface area contributed by atoms with E-state index in [9.17, 15) is 4.79 Å². The van der Waals surface area contributed by atoms with Crippen molar-refractivity contribution in [3.63, 3.8) is 0 Å². The molecule has 5 heteroatoms. The first-order chi connectivity index (χ1) is 14.1. The van der Waals surface area contributed by atoms with Crippen LogP contribution in [0.2, 0.25) is 0 Å². The molecular weight excluding hydrogens is 428 g/mol. The lowest BCUT2D eigenvalue weighted by Crippen LogP contribution is -2.12. The number of aryl methyl sites for hydroxylation is 1. The molecule has 0 fully saturated rings. The van der Waals surface area contributed by atoms with Crippen molar-refractivity contribution in [2.45, 2.75) is 13.5 Å². The molecule has 1 aromatic heterocycles. The number of hydrogen-bond donors (Lipinski definition) is 1. The summed E-state index contributed by atoms with van der Waals surface area (Å²) < 4.78 is 6.73. The fourth-order valence-electron chi connectivity index (χ4n) is 2.99. The van der Waals surface area contributed by atoms with Gasteiger partial charge in [0.15, 0.2) is 0 Å². The summed E-state index contributed by atoms with van der Waals surface area (Å²) in [6.45, 7) is 2.49. The fraction of sp³-hybridized carbons (Fsp3) is 0.0833. The Morgan fingerprint density at radius 3 is 2.52 bits per heavy atom. The third-order valence-electron chi connectivity index (χ3n) is 4.61. The maximum atomic E-state index is 12.7. The summed E-state index contributed by atoms with van der Waals surface area (Å²) in [5.74, 6) is 0.650. The number of carbonyl (C=O) groups is 1. The summed E-state index contributed by atoms with van der Waals surface area (Å²) in [6, 6.07) is 22.9. The molecule has 0 spiro atoms. The van der Waals surface area contributed by atoms with Gasteiger partial charge < -0.3 is 10.1 Å². The molecule has 0 saturated carbocycles. The van der Waals surface area contributed by atoms with Gasteiger partial charge in [-0.1, -0.05) is 51.8 Å². The lowest BCUT2D eigenvalue weighted by Gasteiger charge is -2.10. The van der Waals surface area contributed by atoms with Crippen LogP contribution < -0.4 is 10.1 Å². The SMILES string of the molecule is Cc1ccc(OCc2ccc(C(=O)Nc3ccc(Br)c4cccnc34)cc2)cc1. The molecule has 0 radical (unpaired) electrons. The van der Waals surface area contributed by atoms with Crippen LogP contribution in [0.5, 0.6) is 5.75 Å². The normalized spacial score (nSPS) is 10.7. The zero-order valence-corrected chi connectivity index (χ0v) is 17.4. The first kappa shape index (κ1) is 19.2. The number of amides is 1. The number of halogens is 1. The Kier molecular flexibility index (Phi) is 5.58. The largest absolute Gasteiger partial charge is 0.489 e. The number of ether oxygens (including phenoxy) is 1. The van der Waals surface area contributed by atoms with Gasteiger partial charge in [-0.05, 0) is 55.0 Å². The fourth-order valence-corrected chi connectivity index (χ4v) is 3.44. The number of nitrogens with one attached hydrogen (secondary N) is 1. The molecule has 0 aliphatic carbocycles. The van der Waals surface area contributed by atoms with Crippen LogP contribution >= 0.6 is 15.9 Å². The molecule has 144 valence electrons. The second-order valence-electron chi connectivity index (χ2n) is 6.75. The number of anilines is 1. The lowest BCUT2D eigenvalue weighted by molar-refractivity contribution is 0.102. The predicted molar refractivity (Wildman–Crippen MR) is 119 cm³/mol. The molecule has 4 nitrogen and oxygen atoms in total. The molecule has 4 aromatic rings. The van der Waals surface area contributed by atoms with Gasteiger partial charge in [-0.2, -0.15) is 0 Å². The number of carbonyl (C=O) groups excluding carboxylic acids is 1. The minimum Gasteiger partial charge on any atom is -0.489 e. The van der Waals surface area contributed by atoms with E-state index >= 15 is 0 Å². The van der Waals surface area contributed by atoms with Crippen LogP contribution in [0, 0.1) is 6.92 Å². The number of benzene rings is 3. The Bertz CT molecular complexity index is 1160. The van der Waals surface area contributed by atoms with Gasteiger partial charge in [0.25, 0.3) is 5.91 Å². The molecule has 0 atom stereocenters. The number of rotatable bonds is 5. The van der Waals surface area contributed by atoms with Gasteiger partial charge in [0.2, 0.25) is 0 Å². The van der Waals surface area contributed by atoms with E-state index in [-0.39, 0.29) is 5.91 Å². The molecule has 0 aliphatic rings. The molecule has 0 bridgehead atoms. The quantitative estimate of drug-likeness (QED) is 0.400. The molecule has 0 aliphatic heterocycles. The van der Waals surface area contributed by atoms with Crippen molar-refractivity contribution in [3.05, 3.63) is 100 Å². The predicted octanol–water partition coefficient (Wildman–Crippen LogP) is 6.14. The average Bonchev–Trinajstić information content (AvgIpc) is 2.76. The second-order valence-corrected chi connectivity index (χ2v) is 7.60. The molecule has 4 rings (SSSR count). The summed E-state index contributed by atoms with van der Waals surface area (Å²) in [5, 5.41) is 3.91.